The van der Waals surface area contributed by atoms with Crippen LogP contribution >= 0.6 is 24.4 Å². The Morgan fingerprint density at radius 3 is 1.54 bits per heavy atom. The highest BCUT2D eigenvalue weighted by Crippen LogP contribution is 1.98. The van der Waals surface area contributed by atoms with Gasteiger partial charge in [0.1, 0.15) is 11.5 Å². The normalized spacial score (nSPS) is 9.69. The molecule has 138 valence electrons. The minimum absolute atomic E-state index is 0.117. The number of hydrazine groups is 2. The summed E-state index contributed by atoms with van der Waals surface area (Å²) in [6, 6.07) is 6.99. The van der Waals surface area contributed by atoms with E-state index in [1.54, 1.807) is 24.3 Å². The van der Waals surface area contributed by atoms with Crippen molar-refractivity contribution in [3.8, 4) is 0 Å². The Kier molecular flexibility index (Phi) is 7.39. The standard InChI is InChI=1S/C14H16N6O4S2/c21-11(17-19-13(25)15-7-9-3-1-5-23-9)12(22)18-20-14(26)16-8-10-4-2-6-24-10/h1-6H,7-8H2,(H,17,21)(H,18,22)(H2,15,19,25)(H2,16,20,26). The van der Waals surface area contributed by atoms with Gasteiger partial charge in [-0.3, -0.25) is 31.3 Å². The molecule has 26 heavy (non-hydrogen) atoms. The van der Waals surface area contributed by atoms with Crippen molar-refractivity contribution in [1.82, 2.24) is 32.3 Å². The molecular weight excluding hydrogens is 380 g/mol. The van der Waals surface area contributed by atoms with Crippen LogP contribution in [0.2, 0.25) is 0 Å². The van der Waals surface area contributed by atoms with E-state index in [9.17, 15) is 9.59 Å². The fourth-order valence-electron chi connectivity index (χ4n) is 1.59. The molecule has 10 nitrogen and oxygen atoms in total. The van der Waals surface area contributed by atoms with E-state index in [0.29, 0.717) is 24.6 Å². The Morgan fingerprint density at radius 2 is 1.19 bits per heavy atom. The molecule has 2 heterocycles. The van der Waals surface area contributed by atoms with E-state index in [4.69, 9.17) is 33.3 Å². The Morgan fingerprint density at radius 1 is 0.769 bits per heavy atom. The van der Waals surface area contributed by atoms with Crippen LogP contribution in [0, 0.1) is 0 Å². The van der Waals surface area contributed by atoms with Gasteiger partial charge in [-0.05, 0) is 48.7 Å². The van der Waals surface area contributed by atoms with Gasteiger partial charge >= 0.3 is 11.8 Å². The molecule has 12 heteroatoms. The lowest BCUT2D eigenvalue weighted by atomic mass is 10.4. The number of carbonyl (C=O) groups is 2. The van der Waals surface area contributed by atoms with E-state index < -0.39 is 11.8 Å². The zero-order valence-electron chi connectivity index (χ0n) is 13.3. The van der Waals surface area contributed by atoms with E-state index in [-0.39, 0.29) is 10.2 Å². The molecule has 0 atom stereocenters. The third-order valence-corrected chi connectivity index (χ3v) is 3.28. The SMILES string of the molecule is O=C(NNC(=S)NCc1ccco1)C(=O)NNC(=S)NCc1ccco1. The van der Waals surface area contributed by atoms with Gasteiger partial charge in [-0.15, -0.1) is 0 Å². The first-order valence-electron chi connectivity index (χ1n) is 7.27. The first-order valence-corrected chi connectivity index (χ1v) is 8.09. The van der Waals surface area contributed by atoms with Crippen molar-refractivity contribution >= 4 is 46.5 Å². The van der Waals surface area contributed by atoms with Gasteiger partial charge in [-0.25, -0.2) is 0 Å². The number of nitrogens with one attached hydrogen (secondary N) is 6. The summed E-state index contributed by atoms with van der Waals surface area (Å²) in [4.78, 5) is 23.3. The second kappa shape index (κ2) is 10.0. The Labute approximate surface area is 159 Å². The van der Waals surface area contributed by atoms with Crippen molar-refractivity contribution in [2.24, 2.45) is 0 Å². The molecule has 0 unspecified atom stereocenters. The fourth-order valence-corrected chi connectivity index (χ4v) is 1.84. The minimum atomic E-state index is -0.964. The second-order valence-electron chi connectivity index (χ2n) is 4.68. The van der Waals surface area contributed by atoms with E-state index in [2.05, 4.69) is 32.3 Å². The van der Waals surface area contributed by atoms with Gasteiger partial charge in [0.2, 0.25) is 0 Å². The summed E-state index contributed by atoms with van der Waals surface area (Å²) in [6.07, 6.45) is 3.06. The zero-order valence-corrected chi connectivity index (χ0v) is 15.0. The molecular formula is C14H16N6O4S2. The third-order valence-electron chi connectivity index (χ3n) is 2.79. The molecule has 2 aromatic heterocycles. The number of hydrogen-bond donors (Lipinski definition) is 6. The number of rotatable bonds is 4. The molecule has 0 aliphatic heterocycles. The molecule has 0 bridgehead atoms. The predicted molar refractivity (Wildman–Crippen MR) is 98.8 cm³/mol. The van der Waals surface area contributed by atoms with Crippen LogP contribution in [0.5, 0.6) is 0 Å². The molecule has 2 amide bonds. The molecule has 0 saturated heterocycles. The molecule has 0 aliphatic carbocycles. The Hall–Kier alpha value is -3.12. The third kappa shape index (κ3) is 6.78. The Balaban J connectivity index is 1.58. The Bertz CT molecular complexity index is 683. The maximum Gasteiger partial charge on any atom is 0.329 e. The molecule has 0 radical (unpaired) electrons. The fraction of sp³-hybridized carbons (Fsp3) is 0.143. The van der Waals surface area contributed by atoms with Crippen LogP contribution in [0.3, 0.4) is 0 Å². The summed E-state index contributed by atoms with van der Waals surface area (Å²) in [6.45, 7) is 0.663. The van der Waals surface area contributed by atoms with Crippen molar-refractivity contribution in [2.45, 2.75) is 13.1 Å². The van der Waals surface area contributed by atoms with Crippen LogP contribution < -0.4 is 32.3 Å². The number of carbonyl (C=O) groups excluding carboxylic acids is 2. The highest BCUT2D eigenvalue weighted by atomic mass is 32.1. The molecule has 0 aromatic carbocycles. The maximum atomic E-state index is 11.6. The average molecular weight is 396 g/mol. The molecule has 0 saturated carbocycles. The maximum absolute atomic E-state index is 11.6. The summed E-state index contributed by atoms with van der Waals surface area (Å²) in [5, 5.41) is 5.80. The number of hydrogen-bond acceptors (Lipinski definition) is 6. The van der Waals surface area contributed by atoms with E-state index in [0.717, 1.165) is 0 Å². The van der Waals surface area contributed by atoms with Crippen molar-refractivity contribution < 1.29 is 18.4 Å². The first kappa shape index (κ1) is 19.2. The number of amides is 2. The van der Waals surface area contributed by atoms with Crippen molar-refractivity contribution in [2.75, 3.05) is 0 Å². The minimum Gasteiger partial charge on any atom is -0.467 e. The van der Waals surface area contributed by atoms with Gasteiger partial charge in [0.05, 0.1) is 25.6 Å². The van der Waals surface area contributed by atoms with Crippen molar-refractivity contribution in [3.63, 3.8) is 0 Å². The summed E-state index contributed by atoms with van der Waals surface area (Å²) in [7, 11) is 0. The second-order valence-corrected chi connectivity index (χ2v) is 5.50. The molecule has 2 rings (SSSR count). The van der Waals surface area contributed by atoms with Crippen LogP contribution in [0.1, 0.15) is 11.5 Å². The average Bonchev–Trinajstić information content (AvgIpc) is 3.34. The quantitative estimate of drug-likeness (QED) is 0.230. The lowest BCUT2D eigenvalue weighted by molar-refractivity contribution is -0.139. The molecule has 6 N–H and O–H groups in total. The van der Waals surface area contributed by atoms with Gasteiger partial charge in [-0.2, -0.15) is 0 Å². The number of thiocarbonyl (C=S) groups is 2. The largest absolute Gasteiger partial charge is 0.467 e. The zero-order chi connectivity index (χ0) is 18.8. The summed E-state index contributed by atoms with van der Waals surface area (Å²) in [5.41, 5.74) is 9.05. The predicted octanol–water partition coefficient (Wildman–Crippen LogP) is -0.437. The van der Waals surface area contributed by atoms with Crippen molar-refractivity contribution in [1.29, 1.82) is 0 Å². The monoisotopic (exact) mass is 396 g/mol. The van der Waals surface area contributed by atoms with E-state index >= 15 is 0 Å². The van der Waals surface area contributed by atoms with Gasteiger partial charge in [0.25, 0.3) is 0 Å². The molecule has 0 fully saturated rings. The highest BCUT2D eigenvalue weighted by molar-refractivity contribution is 7.80. The van der Waals surface area contributed by atoms with Crippen LogP contribution in [0.15, 0.2) is 45.6 Å². The van der Waals surface area contributed by atoms with E-state index in [1.807, 2.05) is 0 Å². The topological polar surface area (TPSA) is 133 Å². The van der Waals surface area contributed by atoms with Gasteiger partial charge in [0.15, 0.2) is 10.2 Å². The van der Waals surface area contributed by atoms with E-state index in [1.165, 1.54) is 12.5 Å². The first-order chi connectivity index (χ1) is 12.5. The molecule has 2 aromatic rings. The van der Waals surface area contributed by atoms with Crippen LogP contribution in [0.25, 0.3) is 0 Å². The van der Waals surface area contributed by atoms with Crippen molar-refractivity contribution in [3.05, 3.63) is 48.3 Å². The molecule has 0 spiro atoms. The van der Waals surface area contributed by atoms with Crippen LogP contribution in [0.4, 0.5) is 0 Å². The van der Waals surface area contributed by atoms with Gasteiger partial charge < -0.3 is 19.5 Å². The number of furan rings is 2. The lowest BCUT2D eigenvalue weighted by Crippen LogP contribution is -2.55. The smallest absolute Gasteiger partial charge is 0.329 e. The van der Waals surface area contributed by atoms with Gasteiger partial charge in [0, 0.05) is 0 Å². The van der Waals surface area contributed by atoms with Crippen LogP contribution in [-0.2, 0) is 22.7 Å². The summed E-state index contributed by atoms with van der Waals surface area (Å²) >= 11 is 9.89. The van der Waals surface area contributed by atoms with Crippen LogP contribution in [-0.4, -0.2) is 22.0 Å². The molecule has 0 aliphatic rings. The van der Waals surface area contributed by atoms with Gasteiger partial charge in [-0.1, -0.05) is 0 Å². The highest BCUT2D eigenvalue weighted by Gasteiger charge is 2.13. The summed E-state index contributed by atoms with van der Waals surface area (Å²) in [5.74, 6) is -0.599. The summed E-state index contributed by atoms with van der Waals surface area (Å²) < 4.78 is 10.2. The lowest BCUT2D eigenvalue weighted by Gasteiger charge is -2.12.